The van der Waals surface area contributed by atoms with E-state index in [-0.39, 0.29) is 23.7 Å². The molecule has 1 heterocycles. The fourth-order valence-corrected chi connectivity index (χ4v) is 5.58. The van der Waals surface area contributed by atoms with Crippen LogP contribution in [0.25, 0.3) is 0 Å². The van der Waals surface area contributed by atoms with E-state index in [4.69, 9.17) is 0 Å². The molecule has 1 aliphatic rings. The predicted molar refractivity (Wildman–Crippen MR) is 93.7 cm³/mol. The first kappa shape index (κ1) is 19.5. The van der Waals surface area contributed by atoms with Crippen molar-refractivity contribution in [3.8, 4) is 0 Å². The van der Waals surface area contributed by atoms with Crippen molar-refractivity contribution < 1.29 is 26.4 Å². The van der Waals surface area contributed by atoms with Crippen LogP contribution >= 0.6 is 0 Å². The molecule has 1 saturated heterocycles. The van der Waals surface area contributed by atoms with E-state index in [9.17, 15) is 26.4 Å². The van der Waals surface area contributed by atoms with Crippen molar-refractivity contribution in [2.45, 2.75) is 19.4 Å². The molecular formula is C15H20N2O6S2. The first-order valence-electron chi connectivity index (χ1n) is 7.56. The number of carbonyl (C=O) groups is 2. The zero-order chi connectivity index (χ0) is 18.8. The number of nitrogens with zero attached hydrogens (tertiary/aromatic N) is 1. The van der Waals surface area contributed by atoms with Gasteiger partial charge in [0.25, 0.3) is 0 Å². The Morgan fingerprint density at radius 1 is 1.32 bits per heavy atom. The molecule has 1 atom stereocenters. The second kappa shape index (κ2) is 7.22. The normalized spacial score (nSPS) is 19.7. The summed E-state index contributed by atoms with van der Waals surface area (Å²) in [4.78, 5) is 23.6. The minimum Gasteiger partial charge on any atom is -0.325 e. The summed E-state index contributed by atoms with van der Waals surface area (Å²) in [6.45, 7) is 0.913. The van der Waals surface area contributed by atoms with Crippen LogP contribution in [-0.2, 0) is 24.7 Å². The van der Waals surface area contributed by atoms with Crippen LogP contribution in [0.15, 0.2) is 24.3 Å². The topological polar surface area (TPSA) is 118 Å². The van der Waals surface area contributed by atoms with Crippen LogP contribution in [0.5, 0.6) is 0 Å². The Morgan fingerprint density at radius 3 is 2.52 bits per heavy atom. The van der Waals surface area contributed by atoms with E-state index in [1.54, 1.807) is 18.2 Å². The van der Waals surface area contributed by atoms with Crippen molar-refractivity contribution in [3.63, 3.8) is 0 Å². The third kappa shape index (κ3) is 5.35. The number of anilines is 1. The Bertz CT molecular complexity index is 892. The number of Topliss-reactive ketones (excluding diaryl/α,β-unsaturated/α-hetero) is 1. The smallest absolute Gasteiger partial charge is 0.239 e. The Labute approximate surface area is 147 Å². The molecule has 1 N–H and O–H groups in total. The summed E-state index contributed by atoms with van der Waals surface area (Å²) in [6, 6.07) is 5.53. The predicted octanol–water partition coefficient (Wildman–Crippen LogP) is 0.276. The van der Waals surface area contributed by atoms with Crippen molar-refractivity contribution in [2.75, 3.05) is 29.6 Å². The summed E-state index contributed by atoms with van der Waals surface area (Å²) in [7, 11) is -7.04. The van der Waals surface area contributed by atoms with Crippen molar-refractivity contribution >= 4 is 37.2 Å². The first-order valence-corrected chi connectivity index (χ1v) is 11.2. The number of rotatable bonds is 6. The maximum atomic E-state index is 12.2. The van der Waals surface area contributed by atoms with Crippen LogP contribution in [-0.4, -0.2) is 63.2 Å². The van der Waals surface area contributed by atoms with Crippen LogP contribution in [0.4, 0.5) is 5.69 Å². The molecule has 1 aliphatic heterocycles. The molecular weight excluding hydrogens is 368 g/mol. The Morgan fingerprint density at radius 2 is 2.00 bits per heavy atom. The largest absolute Gasteiger partial charge is 0.325 e. The second-order valence-electron chi connectivity index (χ2n) is 6.05. The first-order chi connectivity index (χ1) is 11.5. The summed E-state index contributed by atoms with van der Waals surface area (Å²) in [5.74, 6) is -1.14. The van der Waals surface area contributed by atoms with Gasteiger partial charge in [-0.25, -0.2) is 16.8 Å². The second-order valence-corrected chi connectivity index (χ2v) is 10.2. The zero-order valence-corrected chi connectivity index (χ0v) is 15.6. The lowest BCUT2D eigenvalue weighted by Gasteiger charge is -2.24. The third-order valence-corrected chi connectivity index (χ3v) is 6.92. The number of carbonyl (C=O) groups excluding carboxylic acids is 2. The van der Waals surface area contributed by atoms with E-state index in [0.29, 0.717) is 11.3 Å². The van der Waals surface area contributed by atoms with E-state index >= 15 is 0 Å². The lowest BCUT2D eigenvalue weighted by molar-refractivity contribution is -0.116. The average Bonchev–Trinajstić information content (AvgIpc) is 2.83. The average molecular weight is 388 g/mol. The lowest BCUT2D eigenvalue weighted by Crippen LogP contribution is -2.44. The monoisotopic (exact) mass is 388 g/mol. The van der Waals surface area contributed by atoms with E-state index in [1.807, 2.05) is 0 Å². The number of sulfone groups is 1. The van der Waals surface area contributed by atoms with E-state index in [2.05, 4.69) is 5.32 Å². The van der Waals surface area contributed by atoms with Crippen LogP contribution in [0.2, 0.25) is 0 Å². The van der Waals surface area contributed by atoms with Gasteiger partial charge in [0.05, 0.1) is 24.3 Å². The maximum absolute atomic E-state index is 12.2. The molecule has 1 aromatic rings. The van der Waals surface area contributed by atoms with Crippen molar-refractivity contribution in [3.05, 3.63) is 29.8 Å². The SMILES string of the molecule is CC(=O)c1cccc(NC(=O)CN(C2CCS(=O)(=O)C2)S(C)(=O)=O)c1. The maximum Gasteiger partial charge on any atom is 0.239 e. The summed E-state index contributed by atoms with van der Waals surface area (Å²) in [6.07, 6.45) is 1.12. The molecule has 1 aromatic carbocycles. The molecule has 8 nitrogen and oxygen atoms in total. The van der Waals surface area contributed by atoms with Gasteiger partial charge in [0, 0.05) is 17.3 Å². The number of ketones is 1. The van der Waals surface area contributed by atoms with Gasteiger partial charge in [0.15, 0.2) is 15.6 Å². The van der Waals surface area contributed by atoms with Gasteiger partial charge in [-0.2, -0.15) is 4.31 Å². The summed E-state index contributed by atoms with van der Waals surface area (Å²) < 4.78 is 48.0. The van der Waals surface area contributed by atoms with Gasteiger partial charge < -0.3 is 5.32 Å². The van der Waals surface area contributed by atoms with E-state index in [0.717, 1.165) is 10.6 Å². The minimum absolute atomic E-state index is 0.0913. The van der Waals surface area contributed by atoms with Gasteiger partial charge in [0.1, 0.15) is 0 Å². The van der Waals surface area contributed by atoms with Crippen LogP contribution in [0.3, 0.4) is 0 Å². The highest BCUT2D eigenvalue weighted by Crippen LogP contribution is 2.20. The highest BCUT2D eigenvalue weighted by atomic mass is 32.2. The quantitative estimate of drug-likeness (QED) is 0.699. The minimum atomic E-state index is -3.75. The Hall–Kier alpha value is -1.78. The molecule has 0 bridgehead atoms. The molecule has 0 saturated carbocycles. The Balaban J connectivity index is 2.13. The highest BCUT2D eigenvalue weighted by molar-refractivity contribution is 7.92. The fourth-order valence-electron chi connectivity index (χ4n) is 2.68. The number of hydrogen-bond acceptors (Lipinski definition) is 6. The molecule has 1 unspecified atom stereocenters. The lowest BCUT2D eigenvalue weighted by atomic mass is 10.1. The van der Waals surface area contributed by atoms with Crippen LogP contribution in [0.1, 0.15) is 23.7 Å². The standard InChI is InChI=1S/C15H20N2O6S2/c1-11(18)12-4-3-5-13(8-12)16-15(19)9-17(24(2,20)21)14-6-7-25(22,23)10-14/h3-5,8,14H,6-7,9-10H2,1-2H3,(H,16,19). The van der Waals surface area contributed by atoms with Gasteiger partial charge >= 0.3 is 0 Å². The van der Waals surface area contributed by atoms with Gasteiger partial charge in [-0.05, 0) is 25.5 Å². The molecule has 25 heavy (non-hydrogen) atoms. The zero-order valence-electron chi connectivity index (χ0n) is 13.9. The molecule has 10 heteroatoms. The summed E-state index contributed by atoms with van der Waals surface area (Å²) in [5, 5.41) is 2.54. The molecule has 1 amide bonds. The number of nitrogens with one attached hydrogen (secondary N) is 1. The van der Waals surface area contributed by atoms with Gasteiger partial charge in [-0.3, -0.25) is 9.59 Å². The number of sulfonamides is 1. The number of amides is 1. The molecule has 0 aliphatic carbocycles. The van der Waals surface area contributed by atoms with Crippen molar-refractivity contribution in [1.29, 1.82) is 0 Å². The molecule has 2 rings (SSSR count). The molecule has 0 radical (unpaired) electrons. The fraction of sp³-hybridized carbons (Fsp3) is 0.467. The third-order valence-electron chi connectivity index (χ3n) is 3.89. The number of benzene rings is 1. The molecule has 0 spiro atoms. The van der Waals surface area contributed by atoms with Gasteiger partial charge in [-0.1, -0.05) is 12.1 Å². The molecule has 0 aromatic heterocycles. The van der Waals surface area contributed by atoms with E-state index < -0.39 is 38.4 Å². The molecule has 1 fully saturated rings. The van der Waals surface area contributed by atoms with E-state index in [1.165, 1.54) is 13.0 Å². The van der Waals surface area contributed by atoms with Gasteiger partial charge in [0.2, 0.25) is 15.9 Å². The van der Waals surface area contributed by atoms with Crippen LogP contribution in [0, 0.1) is 0 Å². The molecule has 138 valence electrons. The van der Waals surface area contributed by atoms with Crippen molar-refractivity contribution in [2.24, 2.45) is 0 Å². The summed E-state index contributed by atoms with van der Waals surface area (Å²) >= 11 is 0. The highest BCUT2D eigenvalue weighted by Gasteiger charge is 2.37. The van der Waals surface area contributed by atoms with Gasteiger partial charge in [-0.15, -0.1) is 0 Å². The Kier molecular flexibility index (Phi) is 5.65. The van der Waals surface area contributed by atoms with Crippen LogP contribution < -0.4 is 5.32 Å². The van der Waals surface area contributed by atoms with Crippen molar-refractivity contribution in [1.82, 2.24) is 4.31 Å². The number of hydrogen-bond donors (Lipinski definition) is 1. The summed E-state index contributed by atoms with van der Waals surface area (Å²) in [5.41, 5.74) is 0.782.